The second kappa shape index (κ2) is 5.35. The van der Waals surface area contributed by atoms with Gasteiger partial charge in [-0.15, -0.1) is 0 Å². The smallest absolute Gasteiger partial charge is 0 e. The monoisotopic (exact) mass is 234 g/mol. The van der Waals surface area contributed by atoms with Gasteiger partial charge in [-0.2, -0.15) is 0 Å². The molecule has 0 amide bonds. The van der Waals surface area contributed by atoms with Crippen molar-refractivity contribution >= 4 is 0 Å². The molecule has 0 spiro atoms. The molecule has 0 aliphatic carbocycles. The predicted octanol–water partition coefficient (Wildman–Crippen LogP) is -1.36. The topological polar surface area (TPSA) is 74.6 Å². The summed E-state index contributed by atoms with van der Waals surface area (Å²) in [6.45, 7) is 0. The van der Waals surface area contributed by atoms with Crippen LogP contribution < -0.4 is 0 Å². The molecule has 0 aliphatic heterocycles. The molecule has 0 rings (SSSR count). The largest absolute Gasteiger partial charge is 0 e. The maximum atomic E-state index is 8.82. The van der Waals surface area contributed by atoms with Gasteiger partial charge in [-0.25, -0.2) is 0 Å². The Labute approximate surface area is 66.2 Å². The van der Waals surface area contributed by atoms with E-state index in [0.717, 1.165) is 0 Å². The molecule has 0 atom stereocenters. The van der Waals surface area contributed by atoms with Gasteiger partial charge in [-0.05, 0) is 0 Å². The number of hydrogen-bond acceptors (Lipinski definition) is 2. The maximum Gasteiger partial charge on any atom is 0 e. The van der Waals surface area contributed by atoms with E-state index >= 15 is 0 Å². The summed E-state index contributed by atoms with van der Waals surface area (Å²) in [6, 6.07) is 0. The predicted molar refractivity (Wildman–Crippen MR) is 5.81 cm³/mol. The summed E-state index contributed by atoms with van der Waals surface area (Å²) < 4.78 is 31.9. The van der Waals surface area contributed by atoms with Gasteiger partial charge in [-0.3, -0.25) is 0 Å². The van der Waals surface area contributed by atoms with Gasteiger partial charge >= 0.3 is 29.5 Å². The van der Waals surface area contributed by atoms with Crippen molar-refractivity contribution in [3.05, 3.63) is 0 Å². The standard InChI is InChI=1S/2Cr.2H2O.2O.Zn/h;;2*1H2;;;/q;+2;;;;;/p-2. The van der Waals surface area contributed by atoms with Crippen molar-refractivity contribution in [1.29, 1.82) is 0 Å². The molecule has 0 bridgehead atoms. The number of rotatable bonds is 0. The van der Waals surface area contributed by atoms with E-state index in [-0.39, 0.29) is 36.8 Å². The molecule has 0 saturated heterocycles. The van der Waals surface area contributed by atoms with Crippen molar-refractivity contribution in [2.24, 2.45) is 0 Å². The quantitative estimate of drug-likeness (QED) is 0.509. The average Bonchev–Trinajstić information content (AvgIpc) is 0.722. The van der Waals surface area contributed by atoms with Crippen LogP contribution in [-0.4, -0.2) is 8.32 Å². The van der Waals surface area contributed by atoms with E-state index < -0.39 is 13.6 Å². The van der Waals surface area contributed by atoms with Crippen LogP contribution in [0.25, 0.3) is 0 Å². The van der Waals surface area contributed by atoms with Gasteiger partial charge in [-0.1, -0.05) is 0 Å². The molecule has 0 aliphatic rings. The molecule has 0 aromatic heterocycles. The minimum absolute atomic E-state index is 0. The maximum absolute atomic E-state index is 8.82. The number of hydrogen-bond donors (Lipinski definition) is 2. The molecule has 0 radical (unpaired) electrons. The van der Waals surface area contributed by atoms with Gasteiger partial charge in [0.05, 0.1) is 0 Å². The van der Waals surface area contributed by atoms with E-state index in [4.69, 9.17) is 15.9 Å². The molecule has 40 valence electrons. The summed E-state index contributed by atoms with van der Waals surface area (Å²) in [5.41, 5.74) is 0. The van der Waals surface area contributed by atoms with Crippen LogP contribution >= 0.6 is 0 Å². The fraction of sp³-hybridized carbons (Fsp3) is 0. The summed E-state index contributed by atoms with van der Waals surface area (Å²) >= 11 is -5.25. The molecule has 2 N–H and O–H groups in total. The van der Waals surface area contributed by atoms with E-state index in [1.807, 2.05) is 0 Å². The minimum atomic E-state index is -5.25. The Morgan fingerprint density at radius 3 is 1.14 bits per heavy atom. The van der Waals surface area contributed by atoms with Gasteiger partial charge < -0.3 is 0 Å². The Morgan fingerprint density at radius 1 is 1.14 bits per heavy atom. The van der Waals surface area contributed by atoms with Gasteiger partial charge in [0, 0.05) is 36.8 Å². The Bertz CT molecular complexity index is 92.9. The van der Waals surface area contributed by atoms with Crippen molar-refractivity contribution in [3.8, 4) is 0 Å². The molecule has 0 heterocycles. The van der Waals surface area contributed by atoms with Crippen LogP contribution in [0.3, 0.4) is 0 Å². The third kappa shape index (κ3) is 134. The summed E-state index contributed by atoms with van der Waals surface area (Å²) in [5.74, 6) is 0. The Kier molecular flexibility index (Phi) is 12.0. The SMILES string of the molecule is [Cr].[O]=[Cr](=[O])([OH])[OH].[Zn]. The minimum Gasteiger partial charge on any atom is 0 e. The molecule has 7 heteroatoms. The molecule has 0 saturated carbocycles. The molecular weight excluding hydrogens is 233 g/mol. The van der Waals surface area contributed by atoms with Crippen molar-refractivity contribution in [2.45, 2.75) is 0 Å². The van der Waals surface area contributed by atoms with Crippen molar-refractivity contribution in [2.75, 3.05) is 0 Å². The first-order valence-electron chi connectivity index (χ1n) is 0.698. The summed E-state index contributed by atoms with van der Waals surface area (Å²) in [5, 5.41) is 0. The molecule has 0 aromatic carbocycles. The normalized spacial score (nSPS) is 8.29. The van der Waals surface area contributed by atoms with Crippen LogP contribution in [0.2, 0.25) is 0 Å². The van der Waals surface area contributed by atoms with Gasteiger partial charge in [0.1, 0.15) is 0 Å². The second-order valence-corrected chi connectivity index (χ2v) is 1.85. The first kappa shape index (κ1) is 15.7. The van der Waals surface area contributed by atoms with E-state index in [1.54, 1.807) is 0 Å². The molecule has 0 aromatic rings. The summed E-state index contributed by atoms with van der Waals surface area (Å²) in [7, 11) is 0. The first-order valence-corrected chi connectivity index (χ1v) is 2.88. The fourth-order valence-corrected chi connectivity index (χ4v) is 0. The fourth-order valence-electron chi connectivity index (χ4n) is 0. The Balaban J connectivity index is -0.0000000800. The zero-order valence-corrected chi connectivity index (χ0v) is 8.75. The van der Waals surface area contributed by atoms with E-state index in [0.29, 0.717) is 0 Å². The second-order valence-electron chi connectivity index (χ2n) is 0.448. The van der Waals surface area contributed by atoms with E-state index in [1.165, 1.54) is 0 Å². The molecule has 7 heavy (non-hydrogen) atoms. The van der Waals surface area contributed by atoms with Crippen LogP contribution in [0.5, 0.6) is 0 Å². The third-order valence-corrected chi connectivity index (χ3v) is 0. The van der Waals surface area contributed by atoms with Gasteiger partial charge in [0.25, 0.3) is 0 Å². The van der Waals surface area contributed by atoms with Crippen LogP contribution in [0.15, 0.2) is 0 Å². The van der Waals surface area contributed by atoms with Crippen LogP contribution in [-0.2, 0) is 58.1 Å². The Hall–Kier alpha value is 1.21. The van der Waals surface area contributed by atoms with Crippen LogP contribution in [0.1, 0.15) is 0 Å². The average molecular weight is 235 g/mol. The summed E-state index contributed by atoms with van der Waals surface area (Å²) in [4.78, 5) is 0. The van der Waals surface area contributed by atoms with Crippen LogP contribution in [0.4, 0.5) is 0 Å². The van der Waals surface area contributed by atoms with Gasteiger partial charge in [0.15, 0.2) is 0 Å². The van der Waals surface area contributed by atoms with E-state index in [9.17, 15) is 0 Å². The molecular formula is H2Cr2O4Zn. The molecule has 0 fully saturated rings. The van der Waals surface area contributed by atoms with Crippen molar-refractivity contribution in [1.82, 2.24) is 0 Å². The Morgan fingerprint density at radius 2 is 1.14 bits per heavy atom. The van der Waals surface area contributed by atoms with E-state index in [2.05, 4.69) is 0 Å². The van der Waals surface area contributed by atoms with Crippen molar-refractivity contribution in [3.63, 3.8) is 0 Å². The zero-order valence-electron chi connectivity index (χ0n) is 3.23. The summed E-state index contributed by atoms with van der Waals surface area (Å²) in [6.07, 6.45) is 0. The molecule has 0 unspecified atom stereocenters. The van der Waals surface area contributed by atoms with Crippen molar-refractivity contribution < 1.29 is 66.4 Å². The first-order chi connectivity index (χ1) is 2.00. The van der Waals surface area contributed by atoms with Crippen LogP contribution in [0, 0.1) is 0 Å². The van der Waals surface area contributed by atoms with Gasteiger partial charge in [0.2, 0.25) is 0 Å². The third-order valence-electron chi connectivity index (χ3n) is 0. The molecule has 4 nitrogen and oxygen atoms in total. The zero-order chi connectivity index (χ0) is 4.50.